The van der Waals surface area contributed by atoms with Gasteiger partial charge in [-0.15, -0.1) is 0 Å². The Balaban J connectivity index is 1.62. The van der Waals surface area contributed by atoms with Gasteiger partial charge in [0.15, 0.2) is 0 Å². The van der Waals surface area contributed by atoms with Gasteiger partial charge in [0.05, 0.1) is 23.1 Å². The van der Waals surface area contributed by atoms with Crippen LogP contribution in [0.25, 0.3) is 27.7 Å². The summed E-state index contributed by atoms with van der Waals surface area (Å²) >= 11 is 0. The number of allylic oxidation sites excluding steroid dienone is 2. The van der Waals surface area contributed by atoms with E-state index in [1.54, 1.807) is 6.33 Å². The van der Waals surface area contributed by atoms with Crippen molar-refractivity contribution < 1.29 is 4.39 Å². The van der Waals surface area contributed by atoms with Crippen LogP contribution < -0.4 is 10.6 Å². The number of rotatable bonds is 3. The number of nitrogens with two attached hydrogens (primary N) is 1. The van der Waals surface area contributed by atoms with E-state index in [9.17, 15) is 4.39 Å². The molecule has 8 heteroatoms. The molecule has 1 fully saturated rings. The molecule has 32 heavy (non-hydrogen) atoms. The zero-order chi connectivity index (χ0) is 22.4. The quantitative estimate of drug-likeness (QED) is 0.656. The Morgan fingerprint density at radius 2 is 1.97 bits per heavy atom. The zero-order valence-electron chi connectivity index (χ0n) is 18.4. The van der Waals surface area contributed by atoms with Crippen LogP contribution >= 0.6 is 0 Å². The molecule has 2 atom stereocenters. The topological polar surface area (TPSA) is 96.7 Å². The molecule has 3 N–H and O–H groups in total. The Hall–Kier alpha value is -3.13. The van der Waals surface area contributed by atoms with Crippen molar-refractivity contribution in [3.05, 3.63) is 42.5 Å². The minimum absolute atomic E-state index is 0.122. The number of nitrogens with zero attached hydrogens (tertiary/aromatic N) is 5. The highest BCUT2D eigenvalue weighted by atomic mass is 19.1. The smallest absolute Gasteiger partial charge is 0.225 e. The van der Waals surface area contributed by atoms with Gasteiger partial charge < -0.3 is 20.6 Å². The molecule has 2 aromatic heterocycles. The number of halogens is 1. The first-order chi connectivity index (χ1) is 15.4. The van der Waals surface area contributed by atoms with Crippen LogP contribution in [0.4, 0.5) is 10.3 Å². The van der Waals surface area contributed by atoms with Crippen LogP contribution in [0.5, 0.6) is 0 Å². The third kappa shape index (κ3) is 3.58. The number of benzene rings is 1. The van der Waals surface area contributed by atoms with Gasteiger partial charge >= 0.3 is 0 Å². The molecule has 1 saturated heterocycles. The van der Waals surface area contributed by atoms with Crippen LogP contribution in [0.3, 0.4) is 0 Å². The molecule has 166 valence electrons. The summed E-state index contributed by atoms with van der Waals surface area (Å²) in [6.45, 7) is 3.45. The van der Waals surface area contributed by atoms with Crippen LogP contribution in [-0.2, 0) is 7.05 Å². The predicted molar refractivity (Wildman–Crippen MR) is 126 cm³/mol. The number of anilines is 1. The number of nitrogens with one attached hydrogen (secondary N) is 1. The second-order valence-electron chi connectivity index (χ2n) is 8.89. The van der Waals surface area contributed by atoms with Gasteiger partial charge in [0.25, 0.3) is 0 Å². The van der Waals surface area contributed by atoms with Crippen LogP contribution in [0.2, 0.25) is 0 Å². The molecule has 1 aliphatic heterocycles. The Morgan fingerprint density at radius 3 is 2.75 bits per heavy atom. The fourth-order valence-electron chi connectivity index (χ4n) is 4.65. The highest BCUT2D eigenvalue weighted by molar-refractivity contribution is 5.95. The number of hydrogen-bond donors (Lipinski definition) is 2. The standard InChI is InChI=1S/C24H28FN7/c1-14-17(4-5-19(27)22(14)25)23-18(15-3-6-21-20(11-15)29-13-31(21)2)12-28-24(30-23)32-9-7-16(26)8-10-32/h3-4,6,11-14,16,22,27H,5,7-10,26H2,1-2H3. The molecule has 0 amide bonds. The number of imidazole rings is 1. The molecule has 3 heterocycles. The second kappa shape index (κ2) is 8.09. The van der Waals surface area contributed by atoms with Gasteiger partial charge in [0.2, 0.25) is 5.95 Å². The second-order valence-corrected chi connectivity index (χ2v) is 8.89. The Labute approximate surface area is 186 Å². The summed E-state index contributed by atoms with van der Waals surface area (Å²) in [5, 5.41) is 7.93. The average molecular weight is 434 g/mol. The summed E-state index contributed by atoms with van der Waals surface area (Å²) in [6.07, 6.45) is 6.39. The first-order valence-electron chi connectivity index (χ1n) is 11.1. The molecule has 0 spiro atoms. The molecule has 0 radical (unpaired) electrons. The molecule has 2 aliphatic rings. The van der Waals surface area contributed by atoms with Crippen LogP contribution in [-0.4, -0.2) is 50.5 Å². The molecule has 3 aromatic rings. The molecule has 1 aliphatic carbocycles. The summed E-state index contributed by atoms with van der Waals surface area (Å²) in [4.78, 5) is 16.3. The number of hydrogen-bond acceptors (Lipinski definition) is 6. The maximum Gasteiger partial charge on any atom is 0.225 e. The van der Waals surface area contributed by atoms with Crippen LogP contribution in [0.15, 0.2) is 36.8 Å². The molecule has 0 bridgehead atoms. The maximum atomic E-state index is 14.8. The first kappa shape index (κ1) is 20.8. The van der Waals surface area contributed by atoms with E-state index in [2.05, 4.69) is 14.9 Å². The molecule has 5 rings (SSSR count). The maximum absolute atomic E-state index is 14.8. The summed E-state index contributed by atoms with van der Waals surface area (Å²) in [5.41, 5.74) is 11.5. The lowest BCUT2D eigenvalue weighted by molar-refractivity contribution is 0.357. The SMILES string of the molecule is CC1C(c2nc(N3CCC(N)CC3)ncc2-c2ccc3c(c2)ncn3C)=CCC(=N)C1F. The lowest BCUT2D eigenvalue weighted by atomic mass is 9.82. The number of piperidine rings is 1. The molecule has 1 aromatic carbocycles. The minimum atomic E-state index is -1.30. The predicted octanol–water partition coefficient (Wildman–Crippen LogP) is 3.74. The van der Waals surface area contributed by atoms with Gasteiger partial charge in [-0.25, -0.2) is 19.3 Å². The van der Waals surface area contributed by atoms with Crippen molar-refractivity contribution in [1.29, 1.82) is 5.41 Å². The monoisotopic (exact) mass is 433 g/mol. The summed E-state index contributed by atoms with van der Waals surface area (Å²) < 4.78 is 16.8. The molecule has 0 saturated carbocycles. The lowest BCUT2D eigenvalue weighted by Crippen LogP contribution is -2.40. The van der Waals surface area contributed by atoms with E-state index in [1.807, 2.05) is 49.0 Å². The van der Waals surface area contributed by atoms with Crippen LogP contribution in [0.1, 0.15) is 31.9 Å². The van der Waals surface area contributed by atoms with Crippen molar-refractivity contribution in [2.45, 2.75) is 38.4 Å². The molecule has 2 unspecified atom stereocenters. The minimum Gasteiger partial charge on any atom is -0.341 e. The Bertz CT molecular complexity index is 1210. The highest BCUT2D eigenvalue weighted by Crippen LogP contribution is 2.38. The normalized spacial score (nSPS) is 22.4. The number of aryl methyl sites for hydroxylation is 1. The number of aromatic nitrogens is 4. The lowest BCUT2D eigenvalue weighted by Gasteiger charge is -2.31. The van der Waals surface area contributed by atoms with E-state index >= 15 is 0 Å². The zero-order valence-corrected chi connectivity index (χ0v) is 18.4. The van der Waals surface area contributed by atoms with Gasteiger partial charge in [-0.05, 0) is 36.1 Å². The fourth-order valence-corrected chi connectivity index (χ4v) is 4.65. The molecular weight excluding hydrogens is 405 g/mol. The fraction of sp³-hybridized carbons (Fsp3) is 0.417. The van der Waals surface area contributed by atoms with Crippen LogP contribution in [0, 0.1) is 11.3 Å². The number of fused-ring (bicyclic) bond motifs is 1. The van der Waals surface area contributed by atoms with Gasteiger partial charge in [-0.1, -0.05) is 19.1 Å². The van der Waals surface area contributed by atoms with Crippen molar-refractivity contribution in [2.75, 3.05) is 18.0 Å². The Morgan fingerprint density at radius 1 is 1.19 bits per heavy atom. The van der Waals surface area contributed by atoms with Crippen molar-refractivity contribution >= 4 is 28.3 Å². The van der Waals surface area contributed by atoms with E-state index in [0.717, 1.165) is 59.4 Å². The third-order valence-electron chi connectivity index (χ3n) is 6.71. The molecular formula is C24H28FN7. The third-order valence-corrected chi connectivity index (χ3v) is 6.71. The van der Waals surface area contributed by atoms with Crippen molar-refractivity contribution in [3.63, 3.8) is 0 Å². The summed E-state index contributed by atoms with van der Waals surface area (Å²) in [5.74, 6) is 0.213. The highest BCUT2D eigenvalue weighted by Gasteiger charge is 2.31. The van der Waals surface area contributed by atoms with Crippen molar-refractivity contribution in [1.82, 2.24) is 19.5 Å². The summed E-state index contributed by atoms with van der Waals surface area (Å²) in [6, 6.07) is 6.32. The van der Waals surface area contributed by atoms with E-state index in [-0.39, 0.29) is 11.8 Å². The van der Waals surface area contributed by atoms with Crippen molar-refractivity contribution in [2.24, 2.45) is 18.7 Å². The van der Waals surface area contributed by atoms with E-state index in [1.165, 1.54) is 0 Å². The van der Waals surface area contributed by atoms with Gasteiger partial charge in [0.1, 0.15) is 6.17 Å². The Kier molecular flexibility index (Phi) is 5.25. The van der Waals surface area contributed by atoms with Crippen molar-refractivity contribution in [3.8, 4) is 11.1 Å². The average Bonchev–Trinajstić information content (AvgIpc) is 3.18. The number of alkyl halides is 1. The van der Waals surface area contributed by atoms with E-state index in [4.69, 9.17) is 16.1 Å². The van der Waals surface area contributed by atoms with Gasteiger partial charge in [-0.3, -0.25) is 0 Å². The van der Waals surface area contributed by atoms with E-state index < -0.39 is 12.1 Å². The first-order valence-corrected chi connectivity index (χ1v) is 11.1. The van der Waals surface area contributed by atoms with Gasteiger partial charge in [-0.2, -0.15) is 0 Å². The molecule has 7 nitrogen and oxygen atoms in total. The summed E-state index contributed by atoms with van der Waals surface area (Å²) in [7, 11) is 1.97. The van der Waals surface area contributed by atoms with Gasteiger partial charge in [0, 0.05) is 56.0 Å². The largest absolute Gasteiger partial charge is 0.341 e. The van der Waals surface area contributed by atoms with E-state index in [0.29, 0.717) is 12.4 Å².